The predicted octanol–water partition coefficient (Wildman–Crippen LogP) is 0.728. The van der Waals surface area contributed by atoms with Crippen LogP contribution in [0.5, 0.6) is 5.75 Å². The summed E-state index contributed by atoms with van der Waals surface area (Å²) in [6, 6.07) is 7.75. The molecule has 7 heteroatoms. The van der Waals surface area contributed by atoms with Crippen LogP contribution in [-0.4, -0.2) is 91.5 Å². The highest BCUT2D eigenvalue weighted by molar-refractivity contribution is 5.81. The minimum atomic E-state index is -0.498. The number of ether oxygens (including phenoxy) is 1. The minimum absolute atomic E-state index is 0.0276. The average Bonchev–Trinajstić information content (AvgIpc) is 2.74. The van der Waals surface area contributed by atoms with Crippen LogP contribution in [0.25, 0.3) is 0 Å². The van der Waals surface area contributed by atoms with Gasteiger partial charge in [-0.1, -0.05) is 18.2 Å². The van der Waals surface area contributed by atoms with E-state index in [1.807, 2.05) is 47.9 Å². The monoisotopic (exact) mass is 388 g/mol. The first kappa shape index (κ1) is 20.6. The minimum Gasteiger partial charge on any atom is -0.481 e. The summed E-state index contributed by atoms with van der Waals surface area (Å²) in [5.74, 6) is 1.02. The summed E-state index contributed by atoms with van der Waals surface area (Å²) in [4.78, 5) is 31.1. The first-order chi connectivity index (χ1) is 13.5. The van der Waals surface area contributed by atoms with Crippen molar-refractivity contribution in [3.05, 3.63) is 29.8 Å². The highest BCUT2D eigenvalue weighted by atomic mass is 16.5. The lowest BCUT2D eigenvalue weighted by atomic mass is 10.2. The van der Waals surface area contributed by atoms with Crippen LogP contribution in [0, 0.1) is 6.92 Å². The molecule has 0 saturated carbocycles. The Hall–Kier alpha value is -2.12. The molecule has 2 saturated heterocycles. The Morgan fingerprint density at radius 1 is 1.04 bits per heavy atom. The van der Waals surface area contributed by atoms with Gasteiger partial charge >= 0.3 is 0 Å². The molecule has 7 nitrogen and oxygen atoms in total. The van der Waals surface area contributed by atoms with Crippen molar-refractivity contribution in [2.24, 2.45) is 0 Å². The highest BCUT2D eigenvalue weighted by Crippen LogP contribution is 2.18. The van der Waals surface area contributed by atoms with Gasteiger partial charge in [0.2, 0.25) is 5.91 Å². The van der Waals surface area contributed by atoms with Gasteiger partial charge in [0.05, 0.1) is 0 Å². The summed E-state index contributed by atoms with van der Waals surface area (Å²) in [5.41, 5.74) is 1.03. The number of benzene rings is 1. The van der Waals surface area contributed by atoms with E-state index in [4.69, 9.17) is 4.74 Å². The zero-order chi connectivity index (χ0) is 19.9. The Labute approximate surface area is 167 Å². The maximum Gasteiger partial charge on any atom is 0.263 e. The number of aryl methyl sites for hydroxylation is 1. The quantitative estimate of drug-likeness (QED) is 0.778. The number of carbonyl (C=O) groups excluding carboxylic acids is 2. The molecule has 1 aromatic rings. The number of rotatable bonds is 6. The van der Waals surface area contributed by atoms with E-state index in [-0.39, 0.29) is 11.8 Å². The van der Waals surface area contributed by atoms with E-state index >= 15 is 0 Å². The Morgan fingerprint density at radius 3 is 2.39 bits per heavy atom. The van der Waals surface area contributed by atoms with Crippen LogP contribution >= 0.6 is 0 Å². The molecule has 1 unspecified atom stereocenters. The van der Waals surface area contributed by atoms with Crippen LogP contribution in [0.2, 0.25) is 0 Å². The lowest BCUT2D eigenvalue weighted by molar-refractivity contribution is -0.140. The fraction of sp³-hybridized carbons (Fsp3) is 0.619. The third kappa shape index (κ3) is 5.45. The molecule has 2 amide bonds. The number of hydrogen-bond acceptors (Lipinski definition) is 5. The molecule has 2 aliphatic heterocycles. The SMILES string of the molecule is Cc1ccccc1OC(C)C(=O)N1CCN(CCC(=O)N2CCNCC2)CC1. The van der Waals surface area contributed by atoms with E-state index in [1.54, 1.807) is 0 Å². The molecule has 0 bridgehead atoms. The summed E-state index contributed by atoms with van der Waals surface area (Å²) < 4.78 is 5.87. The summed E-state index contributed by atoms with van der Waals surface area (Å²) in [6.45, 7) is 10.9. The van der Waals surface area contributed by atoms with E-state index in [2.05, 4.69) is 10.2 Å². The molecule has 0 spiro atoms. The van der Waals surface area contributed by atoms with Crippen LogP contribution in [0.15, 0.2) is 24.3 Å². The second-order valence-corrected chi connectivity index (χ2v) is 7.57. The van der Waals surface area contributed by atoms with Gasteiger partial charge in [0.25, 0.3) is 5.91 Å². The zero-order valence-corrected chi connectivity index (χ0v) is 17.0. The van der Waals surface area contributed by atoms with Crippen molar-refractivity contribution in [3.63, 3.8) is 0 Å². The molecular weight excluding hydrogens is 356 g/mol. The lowest BCUT2D eigenvalue weighted by Crippen LogP contribution is -2.52. The fourth-order valence-corrected chi connectivity index (χ4v) is 3.70. The summed E-state index contributed by atoms with van der Waals surface area (Å²) in [7, 11) is 0. The zero-order valence-electron chi connectivity index (χ0n) is 17.0. The van der Waals surface area contributed by atoms with Crippen molar-refractivity contribution >= 4 is 11.8 Å². The molecule has 1 aromatic carbocycles. The Balaban J connectivity index is 1.40. The number of piperazine rings is 2. The lowest BCUT2D eigenvalue weighted by Gasteiger charge is -2.36. The molecule has 3 rings (SSSR count). The number of hydrogen-bond donors (Lipinski definition) is 1. The molecule has 1 N–H and O–H groups in total. The molecular formula is C21H32N4O3. The van der Waals surface area contributed by atoms with Gasteiger partial charge in [-0.2, -0.15) is 0 Å². The molecule has 154 valence electrons. The van der Waals surface area contributed by atoms with E-state index in [0.717, 1.165) is 57.1 Å². The predicted molar refractivity (Wildman–Crippen MR) is 108 cm³/mol. The van der Waals surface area contributed by atoms with Crippen molar-refractivity contribution < 1.29 is 14.3 Å². The maximum atomic E-state index is 12.7. The van der Waals surface area contributed by atoms with Crippen molar-refractivity contribution in [1.82, 2.24) is 20.0 Å². The average molecular weight is 389 g/mol. The number of para-hydroxylation sites is 1. The van der Waals surface area contributed by atoms with E-state index in [0.29, 0.717) is 19.5 Å². The molecule has 2 aliphatic rings. The maximum absolute atomic E-state index is 12.7. The number of nitrogens with zero attached hydrogens (tertiary/aromatic N) is 3. The Bertz CT molecular complexity index is 667. The third-order valence-electron chi connectivity index (χ3n) is 5.54. The second kappa shape index (κ2) is 9.89. The van der Waals surface area contributed by atoms with Crippen molar-refractivity contribution in [3.8, 4) is 5.75 Å². The smallest absolute Gasteiger partial charge is 0.263 e. The third-order valence-corrected chi connectivity index (χ3v) is 5.54. The molecule has 28 heavy (non-hydrogen) atoms. The Kier molecular flexibility index (Phi) is 7.28. The van der Waals surface area contributed by atoms with Crippen molar-refractivity contribution in [2.75, 3.05) is 58.9 Å². The number of amides is 2. The number of carbonyl (C=O) groups is 2. The second-order valence-electron chi connectivity index (χ2n) is 7.57. The Morgan fingerprint density at radius 2 is 1.71 bits per heavy atom. The summed E-state index contributed by atoms with van der Waals surface area (Å²) in [5, 5.41) is 3.27. The first-order valence-corrected chi connectivity index (χ1v) is 10.3. The summed E-state index contributed by atoms with van der Waals surface area (Å²) >= 11 is 0. The standard InChI is InChI=1S/C21H32N4O3/c1-17-5-3-4-6-19(17)28-18(2)21(27)25-15-13-23(14-16-25)10-7-20(26)24-11-8-22-9-12-24/h3-6,18,22H,7-16H2,1-2H3. The van der Waals surface area contributed by atoms with E-state index in [1.165, 1.54) is 0 Å². The van der Waals surface area contributed by atoms with Gasteiger partial charge < -0.3 is 19.9 Å². The molecule has 2 heterocycles. The molecule has 0 radical (unpaired) electrons. The van der Waals surface area contributed by atoms with Crippen LogP contribution in [-0.2, 0) is 9.59 Å². The topological polar surface area (TPSA) is 65.1 Å². The van der Waals surface area contributed by atoms with Crippen LogP contribution in [0.3, 0.4) is 0 Å². The van der Waals surface area contributed by atoms with Crippen LogP contribution in [0.4, 0.5) is 0 Å². The van der Waals surface area contributed by atoms with Gasteiger partial charge in [0, 0.05) is 65.3 Å². The van der Waals surface area contributed by atoms with E-state index in [9.17, 15) is 9.59 Å². The van der Waals surface area contributed by atoms with Gasteiger partial charge in [-0.05, 0) is 25.5 Å². The van der Waals surface area contributed by atoms with Gasteiger partial charge in [0.1, 0.15) is 5.75 Å². The van der Waals surface area contributed by atoms with E-state index < -0.39 is 6.10 Å². The van der Waals surface area contributed by atoms with Gasteiger partial charge in [-0.15, -0.1) is 0 Å². The fourth-order valence-electron chi connectivity index (χ4n) is 3.70. The molecule has 0 aromatic heterocycles. The normalized spacial score (nSPS) is 19.4. The van der Waals surface area contributed by atoms with Crippen LogP contribution in [0.1, 0.15) is 18.9 Å². The molecule has 2 fully saturated rings. The van der Waals surface area contributed by atoms with Crippen molar-refractivity contribution in [2.45, 2.75) is 26.4 Å². The number of nitrogens with one attached hydrogen (secondary N) is 1. The highest BCUT2D eigenvalue weighted by Gasteiger charge is 2.27. The molecule has 0 aliphatic carbocycles. The molecule has 1 atom stereocenters. The van der Waals surface area contributed by atoms with Gasteiger partial charge in [-0.25, -0.2) is 0 Å². The van der Waals surface area contributed by atoms with Gasteiger partial charge in [-0.3, -0.25) is 14.5 Å². The first-order valence-electron chi connectivity index (χ1n) is 10.3. The summed E-state index contributed by atoms with van der Waals surface area (Å²) in [6.07, 6.45) is 0.0581. The van der Waals surface area contributed by atoms with Crippen molar-refractivity contribution in [1.29, 1.82) is 0 Å². The van der Waals surface area contributed by atoms with Crippen LogP contribution < -0.4 is 10.1 Å². The van der Waals surface area contributed by atoms with Gasteiger partial charge in [0.15, 0.2) is 6.10 Å². The largest absolute Gasteiger partial charge is 0.481 e.